The Morgan fingerprint density at radius 2 is 1.66 bits per heavy atom. The van der Waals surface area contributed by atoms with Gasteiger partial charge in [-0.2, -0.15) is 0 Å². The van der Waals surface area contributed by atoms with Crippen LogP contribution in [-0.4, -0.2) is 60.6 Å². The Morgan fingerprint density at radius 3 is 2.38 bits per heavy atom. The minimum atomic E-state index is 0.206. The van der Waals surface area contributed by atoms with E-state index in [2.05, 4.69) is 34.0 Å². The van der Waals surface area contributed by atoms with Crippen molar-refractivity contribution in [2.45, 2.75) is 0 Å². The highest BCUT2D eigenvalue weighted by molar-refractivity contribution is 7.19. The van der Waals surface area contributed by atoms with Crippen molar-refractivity contribution < 1.29 is 5.11 Å². The molecule has 3 heterocycles. The molecular formula is C22H23N5OS. The van der Waals surface area contributed by atoms with Gasteiger partial charge in [0.2, 0.25) is 0 Å². The molecule has 0 spiro atoms. The third-order valence-electron chi connectivity index (χ3n) is 5.64. The van der Waals surface area contributed by atoms with Gasteiger partial charge in [0.15, 0.2) is 0 Å². The molecule has 1 saturated heterocycles. The number of anilines is 2. The average molecular weight is 406 g/mol. The molecule has 2 aliphatic rings. The molecule has 0 amide bonds. The quantitative estimate of drug-likeness (QED) is 0.694. The van der Waals surface area contributed by atoms with Crippen LogP contribution in [0.2, 0.25) is 0 Å². The predicted octanol–water partition coefficient (Wildman–Crippen LogP) is 3.81. The Bertz CT molecular complexity index is 1060. The number of nitrogens with zero attached hydrogens (tertiary/aromatic N) is 4. The number of nitrogens with one attached hydrogen (secondary N) is 1. The lowest BCUT2D eigenvalue weighted by molar-refractivity contribution is 0.313. The van der Waals surface area contributed by atoms with Gasteiger partial charge in [0.05, 0.1) is 22.3 Å². The first-order chi connectivity index (χ1) is 14.1. The molecule has 0 radical (unpaired) electrons. The highest BCUT2D eigenvalue weighted by Gasteiger charge is 2.31. The van der Waals surface area contributed by atoms with Crippen molar-refractivity contribution in [2.75, 3.05) is 49.6 Å². The number of aliphatic hydroxyl groups is 1. The molecule has 0 bridgehead atoms. The van der Waals surface area contributed by atoms with E-state index in [4.69, 9.17) is 5.41 Å². The second-order valence-corrected chi connectivity index (χ2v) is 8.58. The summed E-state index contributed by atoms with van der Waals surface area (Å²) in [5, 5.41) is 20.0. The smallest absolute Gasteiger partial charge is 0.139 e. The van der Waals surface area contributed by atoms with E-state index in [1.165, 1.54) is 17.0 Å². The van der Waals surface area contributed by atoms with Crippen LogP contribution in [0.3, 0.4) is 0 Å². The van der Waals surface area contributed by atoms with Crippen LogP contribution >= 0.6 is 11.3 Å². The van der Waals surface area contributed by atoms with Crippen molar-refractivity contribution >= 4 is 44.3 Å². The van der Waals surface area contributed by atoms with Crippen molar-refractivity contribution in [1.82, 2.24) is 9.88 Å². The molecule has 148 valence electrons. The molecule has 5 rings (SSSR count). The zero-order chi connectivity index (χ0) is 20.0. The average Bonchev–Trinajstić information content (AvgIpc) is 3.28. The summed E-state index contributed by atoms with van der Waals surface area (Å²) in [4.78, 5) is 11.2. The summed E-state index contributed by atoms with van der Waals surface area (Å²) in [6, 6.07) is 16.2. The van der Waals surface area contributed by atoms with Crippen LogP contribution in [0.4, 0.5) is 11.4 Å². The summed E-state index contributed by atoms with van der Waals surface area (Å²) in [6.07, 6.45) is 0. The van der Waals surface area contributed by atoms with Crippen molar-refractivity contribution in [3.05, 3.63) is 59.3 Å². The van der Waals surface area contributed by atoms with Gasteiger partial charge in [0.25, 0.3) is 0 Å². The van der Waals surface area contributed by atoms with Gasteiger partial charge in [0, 0.05) is 37.6 Å². The standard InChI is InChI=1S/C22H23N5OS/c1-25-10-12-26(13-11-25)15-6-8-16(9-7-15)27-14-18(28)20(21(27)23)22-24-17-4-2-3-5-19(17)29-22/h2-9,23,28H,10-14H2,1H3. The fraction of sp³-hybridized carbons (Fsp3) is 0.273. The second kappa shape index (κ2) is 7.17. The van der Waals surface area contributed by atoms with Crippen LogP contribution in [-0.2, 0) is 0 Å². The lowest BCUT2D eigenvalue weighted by Crippen LogP contribution is -2.44. The SMILES string of the molecule is CN1CCN(c2ccc(N3CC(O)=C(c4nc5ccccc5s4)C3=N)cc2)CC1. The Morgan fingerprint density at radius 1 is 0.966 bits per heavy atom. The summed E-state index contributed by atoms with van der Waals surface area (Å²) in [5.41, 5.74) is 3.55. The maximum Gasteiger partial charge on any atom is 0.139 e. The van der Waals surface area contributed by atoms with Gasteiger partial charge >= 0.3 is 0 Å². The summed E-state index contributed by atoms with van der Waals surface area (Å²) >= 11 is 1.51. The first-order valence-electron chi connectivity index (χ1n) is 9.78. The number of hydrogen-bond donors (Lipinski definition) is 2. The van der Waals surface area contributed by atoms with Gasteiger partial charge in [-0.1, -0.05) is 12.1 Å². The highest BCUT2D eigenvalue weighted by atomic mass is 32.1. The molecule has 7 heteroatoms. The van der Waals surface area contributed by atoms with Gasteiger partial charge in [0.1, 0.15) is 16.6 Å². The minimum absolute atomic E-state index is 0.206. The molecular weight excluding hydrogens is 382 g/mol. The van der Waals surface area contributed by atoms with Crippen molar-refractivity contribution in [1.29, 1.82) is 5.41 Å². The number of piperazine rings is 1. The third kappa shape index (κ3) is 3.26. The molecule has 0 atom stereocenters. The number of para-hydroxylation sites is 1. The molecule has 6 nitrogen and oxygen atoms in total. The van der Waals surface area contributed by atoms with Crippen molar-refractivity contribution in [3.63, 3.8) is 0 Å². The Labute approximate surface area is 173 Å². The Kier molecular flexibility index (Phi) is 4.49. The minimum Gasteiger partial charge on any atom is -0.510 e. The van der Waals surface area contributed by atoms with Crippen LogP contribution in [0.15, 0.2) is 54.3 Å². The number of amidine groups is 1. The monoisotopic (exact) mass is 405 g/mol. The second-order valence-electron chi connectivity index (χ2n) is 7.55. The first-order valence-corrected chi connectivity index (χ1v) is 10.6. The molecule has 0 aliphatic carbocycles. The number of rotatable bonds is 3. The third-order valence-corrected chi connectivity index (χ3v) is 6.69. The molecule has 3 aromatic rings. The van der Waals surface area contributed by atoms with Gasteiger partial charge in [-0.05, 0) is 43.4 Å². The van der Waals surface area contributed by atoms with Crippen molar-refractivity contribution in [2.24, 2.45) is 0 Å². The molecule has 2 N–H and O–H groups in total. The number of likely N-dealkylation sites (N-methyl/N-ethyl adjacent to an activating group) is 1. The number of aromatic nitrogens is 1. The number of fused-ring (bicyclic) bond motifs is 1. The van der Waals surface area contributed by atoms with Gasteiger partial charge in [-0.15, -0.1) is 11.3 Å². The number of thiazole rings is 1. The van der Waals surface area contributed by atoms with Crippen LogP contribution in [0.1, 0.15) is 5.01 Å². The Balaban J connectivity index is 1.37. The van der Waals surface area contributed by atoms with Gasteiger partial charge < -0.3 is 19.8 Å². The zero-order valence-electron chi connectivity index (χ0n) is 16.3. The topological polar surface area (TPSA) is 66.7 Å². The Hall–Kier alpha value is -2.90. The van der Waals surface area contributed by atoms with E-state index in [0.29, 0.717) is 23.0 Å². The fourth-order valence-electron chi connectivity index (χ4n) is 3.91. The summed E-state index contributed by atoms with van der Waals surface area (Å²) in [7, 11) is 2.15. The van der Waals surface area contributed by atoms with E-state index in [1.807, 2.05) is 41.3 Å². The van der Waals surface area contributed by atoms with Gasteiger partial charge in [-0.25, -0.2) is 4.98 Å². The van der Waals surface area contributed by atoms with E-state index in [9.17, 15) is 5.11 Å². The lowest BCUT2D eigenvalue weighted by Gasteiger charge is -2.34. The molecule has 2 aliphatic heterocycles. The van der Waals surface area contributed by atoms with E-state index in [0.717, 1.165) is 42.1 Å². The number of hydrogen-bond acceptors (Lipinski definition) is 6. The van der Waals surface area contributed by atoms with Gasteiger partial charge in [-0.3, -0.25) is 5.41 Å². The van der Waals surface area contributed by atoms with Crippen LogP contribution in [0.5, 0.6) is 0 Å². The van der Waals surface area contributed by atoms with Crippen LogP contribution in [0, 0.1) is 5.41 Å². The maximum absolute atomic E-state index is 10.6. The van der Waals surface area contributed by atoms with Crippen molar-refractivity contribution in [3.8, 4) is 0 Å². The van der Waals surface area contributed by atoms with Crippen LogP contribution < -0.4 is 9.80 Å². The molecule has 0 unspecified atom stereocenters. The summed E-state index contributed by atoms with van der Waals surface area (Å²) in [6.45, 7) is 4.50. The summed E-state index contributed by atoms with van der Waals surface area (Å²) in [5.74, 6) is 0.506. The molecule has 0 saturated carbocycles. The largest absolute Gasteiger partial charge is 0.510 e. The van der Waals surface area contributed by atoms with E-state index in [-0.39, 0.29) is 5.76 Å². The van der Waals surface area contributed by atoms with E-state index >= 15 is 0 Å². The number of aliphatic hydroxyl groups excluding tert-OH is 1. The summed E-state index contributed by atoms with van der Waals surface area (Å²) < 4.78 is 1.06. The van der Waals surface area contributed by atoms with E-state index < -0.39 is 0 Å². The number of benzene rings is 2. The highest BCUT2D eigenvalue weighted by Crippen LogP contribution is 2.35. The molecule has 1 fully saturated rings. The predicted molar refractivity (Wildman–Crippen MR) is 120 cm³/mol. The zero-order valence-corrected chi connectivity index (χ0v) is 17.1. The molecule has 29 heavy (non-hydrogen) atoms. The molecule has 1 aromatic heterocycles. The lowest BCUT2D eigenvalue weighted by atomic mass is 10.2. The maximum atomic E-state index is 10.6. The fourth-order valence-corrected chi connectivity index (χ4v) is 4.95. The van der Waals surface area contributed by atoms with E-state index in [1.54, 1.807) is 0 Å². The first kappa shape index (κ1) is 18.1. The molecule has 2 aromatic carbocycles. The van der Waals surface area contributed by atoms with Crippen LogP contribution in [0.25, 0.3) is 15.8 Å². The normalized spacial score (nSPS) is 18.3.